The van der Waals surface area contributed by atoms with Crippen LogP contribution in [0.5, 0.6) is 5.75 Å². The lowest BCUT2D eigenvalue weighted by atomic mass is 10.2. The number of thiazole rings is 1. The Morgan fingerprint density at radius 1 is 1.10 bits per heavy atom. The lowest BCUT2D eigenvalue weighted by Gasteiger charge is -2.19. The first-order valence-corrected chi connectivity index (χ1v) is 12.0. The van der Waals surface area contributed by atoms with Gasteiger partial charge in [-0.25, -0.2) is 13.4 Å². The first-order valence-electron chi connectivity index (χ1n) is 9.31. The number of anilines is 1. The molecular weight excluding hydrogens is 434 g/mol. The van der Waals surface area contributed by atoms with Crippen molar-refractivity contribution in [1.82, 2.24) is 9.97 Å². The number of aromatic nitrogens is 2. The first kappa shape index (κ1) is 21.0. The van der Waals surface area contributed by atoms with Gasteiger partial charge in [-0.05, 0) is 54.6 Å². The number of sulfone groups is 1. The van der Waals surface area contributed by atoms with Crippen LogP contribution in [0.1, 0.15) is 16.1 Å². The Morgan fingerprint density at radius 2 is 1.87 bits per heavy atom. The van der Waals surface area contributed by atoms with Crippen LogP contribution in [0.15, 0.2) is 71.8 Å². The molecule has 0 saturated heterocycles. The summed E-state index contributed by atoms with van der Waals surface area (Å²) < 4.78 is 29.7. The molecule has 0 bridgehead atoms. The third-order valence-electron chi connectivity index (χ3n) is 4.64. The number of hydrogen-bond donors (Lipinski definition) is 0. The first-order chi connectivity index (χ1) is 14.8. The molecular formula is C22H19N3O4S2. The highest BCUT2D eigenvalue weighted by Crippen LogP contribution is 2.33. The molecule has 0 radical (unpaired) electrons. The van der Waals surface area contributed by atoms with Crippen molar-refractivity contribution >= 4 is 42.4 Å². The third kappa shape index (κ3) is 4.57. The second-order valence-electron chi connectivity index (χ2n) is 6.84. The fourth-order valence-corrected chi connectivity index (χ4v) is 4.64. The fourth-order valence-electron chi connectivity index (χ4n) is 3.02. The molecule has 0 fully saturated rings. The van der Waals surface area contributed by atoms with E-state index in [9.17, 15) is 13.2 Å². The number of carbonyl (C=O) groups excluding carboxylic acids is 1. The molecule has 0 aliphatic heterocycles. The van der Waals surface area contributed by atoms with Crippen LogP contribution in [0.25, 0.3) is 10.2 Å². The quantitative estimate of drug-likeness (QED) is 0.439. The maximum Gasteiger partial charge on any atom is 0.260 e. The lowest BCUT2D eigenvalue weighted by molar-refractivity contribution is 0.0984. The highest BCUT2D eigenvalue weighted by Gasteiger charge is 2.23. The van der Waals surface area contributed by atoms with Crippen LogP contribution in [-0.2, 0) is 16.4 Å². The van der Waals surface area contributed by atoms with Crippen LogP contribution in [0.2, 0.25) is 0 Å². The molecule has 9 heteroatoms. The van der Waals surface area contributed by atoms with Crippen molar-refractivity contribution in [3.8, 4) is 5.75 Å². The Hall–Kier alpha value is -3.30. The Bertz CT molecular complexity index is 1330. The highest BCUT2D eigenvalue weighted by molar-refractivity contribution is 7.90. The summed E-state index contributed by atoms with van der Waals surface area (Å²) in [7, 11) is -1.75. The molecule has 7 nitrogen and oxygen atoms in total. The minimum Gasteiger partial charge on any atom is -0.497 e. The molecule has 2 aromatic carbocycles. The Balaban J connectivity index is 1.74. The van der Waals surface area contributed by atoms with Gasteiger partial charge in [-0.3, -0.25) is 14.7 Å². The standard InChI is InChI=1S/C22H19N3O4S2/c1-29-17-8-11-19-20(13-17)30-22(24-19)25(14-16-5-3-4-12-23-16)21(26)15-6-9-18(10-7-15)31(2,27)28/h3-13H,14H2,1-2H3. The van der Waals surface area contributed by atoms with Gasteiger partial charge in [0.2, 0.25) is 0 Å². The van der Waals surface area contributed by atoms with E-state index in [2.05, 4.69) is 9.97 Å². The number of hydrogen-bond acceptors (Lipinski definition) is 7. The number of carbonyl (C=O) groups is 1. The van der Waals surface area contributed by atoms with Crippen molar-refractivity contribution in [2.24, 2.45) is 0 Å². The van der Waals surface area contributed by atoms with Crippen LogP contribution in [0.3, 0.4) is 0 Å². The summed E-state index contributed by atoms with van der Waals surface area (Å²) in [6, 6.07) is 16.9. The van der Waals surface area contributed by atoms with E-state index in [0.717, 1.165) is 16.5 Å². The van der Waals surface area contributed by atoms with Gasteiger partial charge in [0, 0.05) is 18.0 Å². The lowest BCUT2D eigenvalue weighted by Crippen LogP contribution is -2.30. The molecule has 2 aromatic heterocycles. The van der Waals surface area contributed by atoms with Crippen LogP contribution in [0.4, 0.5) is 5.13 Å². The number of amides is 1. The highest BCUT2D eigenvalue weighted by atomic mass is 32.2. The average Bonchev–Trinajstić information content (AvgIpc) is 3.20. The molecule has 2 heterocycles. The van der Waals surface area contributed by atoms with Crippen LogP contribution in [-0.4, -0.2) is 37.7 Å². The summed E-state index contributed by atoms with van der Waals surface area (Å²) in [4.78, 5) is 24.1. The van der Waals surface area contributed by atoms with E-state index in [1.54, 1.807) is 18.2 Å². The molecule has 0 atom stereocenters. The molecule has 4 aromatic rings. The van der Waals surface area contributed by atoms with Crippen molar-refractivity contribution in [2.75, 3.05) is 18.3 Å². The molecule has 0 unspecified atom stereocenters. The van der Waals surface area contributed by atoms with Crippen molar-refractivity contribution in [2.45, 2.75) is 11.4 Å². The SMILES string of the molecule is COc1ccc2nc(N(Cc3ccccn3)C(=O)c3ccc(S(C)(=O)=O)cc3)sc2c1. The maximum atomic E-state index is 13.4. The third-order valence-corrected chi connectivity index (χ3v) is 6.81. The summed E-state index contributed by atoms with van der Waals surface area (Å²) in [5, 5.41) is 0.520. The zero-order valence-electron chi connectivity index (χ0n) is 16.8. The normalized spacial score (nSPS) is 11.4. The second kappa shape index (κ2) is 8.44. The molecule has 0 aliphatic carbocycles. The molecule has 0 aliphatic rings. The summed E-state index contributed by atoms with van der Waals surface area (Å²) in [5.41, 5.74) is 1.83. The number of fused-ring (bicyclic) bond motifs is 1. The smallest absolute Gasteiger partial charge is 0.260 e. The summed E-state index contributed by atoms with van der Waals surface area (Å²) in [5.74, 6) is 0.415. The number of nitrogens with zero attached hydrogens (tertiary/aromatic N) is 3. The van der Waals surface area contributed by atoms with Gasteiger partial charge in [0.25, 0.3) is 5.91 Å². The van der Waals surface area contributed by atoms with Crippen LogP contribution >= 0.6 is 11.3 Å². The zero-order chi connectivity index (χ0) is 22.0. The van der Waals surface area contributed by atoms with Gasteiger partial charge in [-0.2, -0.15) is 0 Å². The molecule has 31 heavy (non-hydrogen) atoms. The Kier molecular flexibility index (Phi) is 5.71. The molecule has 0 N–H and O–H groups in total. The largest absolute Gasteiger partial charge is 0.497 e. The van der Waals surface area contributed by atoms with E-state index in [1.807, 2.05) is 36.4 Å². The molecule has 0 spiro atoms. The van der Waals surface area contributed by atoms with Gasteiger partial charge in [-0.15, -0.1) is 0 Å². The number of methoxy groups -OCH3 is 1. The predicted octanol–water partition coefficient (Wildman–Crippen LogP) is 3.95. The Morgan fingerprint density at radius 3 is 2.52 bits per heavy atom. The monoisotopic (exact) mass is 453 g/mol. The van der Waals surface area contributed by atoms with E-state index >= 15 is 0 Å². The van der Waals surface area contributed by atoms with Gasteiger partial charge in [-0.1, -0.05) is 17.4 Å². The average molecular weight is 454 g/mol. The van der Waals surface area contributed by atoms with E-state index in [-0.39, 0.29) is 17.3 Å². The summed E-state index contributed by atoms with van der Waals surface area (Å²) in [6.07, 6.45) is 2.80. The van der Waals surface area contributed by atoms with Gasteiger partial charge in [0.05, 0.1) is 34.5 Å². The van der Waals surface area contributed by atoms with Gasteiger partial charge in [0.1, 0.15) is 5.75 Å². The molecule has 1 amide bonds. The fraction of sp³-hybridized carbons (Fsp3) is 0.136. The number of ether oxygens (including phenoxy) is 1. The number of rotatable bonds is 6. The topological polar surface area (TPSA) is 89.5 Å². The maximum absolute atomic E-state index is 13.4. The van der Waals surface area contributed by atoms with Gasteiger partial charge in [0.15, 0.2) is 15.0 Å². The van der Waals surface area contributed by atoms with Crippen molar-refractivity contribution < 1.29 is 17.9 Å². The van der Waals surface area contributed by atoms with E-state index in [0.29, 0.717) is 22.1 Å². The predicted molar refractivity (Wildman–Crippen MR) is 120 cm³/mol. The van der Waals surface area contributed by atoms with E-state index in [1.165, 1.54) is 35.6 Å². The van der Waals surface area contributed by atoms with Gasteiger partial charge >= 0.3 is 0 Å². The van der Waals surface area contributed by atoms with Crippen LogP contribution < -0.4 is 9.64 Å². The number of pyridine rings is 1. The summed E-state index contributed by atoms with van der Waals surface area (Å²) in [6.45, 7) is 0.227. The van der Waals surface area contributed by atoms with Crippen molar-refractivity contribution in [1.29, 1.82) is 0 Å². The molecule has 0 saturated carbocycles. The summed E-state index contributed by atoms with van der Waals surface area (Å²) >= 11 is 1.37. The molecule has 158 valence electrons. The molecule has 4 rings (SSSR count). The van der Waals surface area contributed by atoms with Crippen LogP contribution in [0, 0.1) is 0 Å². The van der Waals surface area contributed by atoms with Crippen molar-refractivity contribution in [3.05, 3.63) is 78.1 Å². The zero-order valence-corrected chi connectivity index (χ0v) is 18.5. The van der Waals surface area contributed by atoms with E-state index in [4.69, 9.17) is 4.74 Å². The minimum absolute atomic E-state index is 0.160. The minimum atomic E-state index is -3.35. The Labute approximate surface area is 183 Å². The van der Waals surface area contributed by atoms with Crippen molar-refractivity contribution in [3.63, 3.8) is 0 Å². The van der Waals surface area contributed by atoms with E-state index < -0.39 is 9.84 Å². The van der Waals surface area contributed by atoms with Gasteiger partial charge < -0.3 is 4.74 Å². The number of benzene rings is 2. The second-order valence-corrected chi connectivity index (χ2v) is 9.86.